The number of nitrogens with one attached hydrogen (secondary N) is 1. The van der Waals surface area contributed by atoms with E-state index in [1.807, 2.05) is 30.1 Å². The molecule has 3 aliphatic rings. The molecule has 1 aromatic heterocycles. The first-order chi connectivity index (χ1) is 12.5. The van der Waals surface area contributed by atoms with Crippen molar-refractivity contribution in [2.45, 2.75) is 42.2 Å². The Labute approximate surface area is 161 Å². The topological polar surface area (TPSA) is 50.0 Å². The van der Waals surface area contributed by atoms with E-state index in [9.17, 15) is 0 Å². The first-order valence-corrected chi connectivity index (χ1v) is 9.96. The van der Waals surface area contributed by atoms with Crippen LogP contribution in [0.4, 0.5) is 0 Å². The van der Waals surface area contributed by atoms with Crippen LogP contribution in [-0.4, -0.2) is 17.4 Å². The summed E-state index contributed by atoms with van der Waals surface area (Å²) in [5, 5.41) is 4.06. The normalized spacial score (nSPS) is 25.3. The highest BCUT2D eigenvalue weighted by atomic mass is 35.5. The van der Waals surface area contributed by atoms with Crippen LogP contribution >= 0.6 is 23.4 Å². The molecule has 0 radical (unpaired) electrons. The number of fused-ring (bicyclic) bond motifs is 2. The standard InChI is InChI=1S/C20H19ClN2O2S/c1-19(2)15-4-3-8-22-18(15)17(12-7-9-23-20(11-12)24-25-20)14-6-5-13(21)10-16(14)26-19/h3-6,8,10,23H,7,9,11H2,1-2H3. The Hall–Kier alpha value is -1.37. The van der Waals surface area contributed by atoms with Gasteiger partial charge in [-0.25, -0.2) is 0 Å². The molecule has 0 amide bonds. The van der Waals surface area contributed by atoms with E-state index < -0.39 is 5.91 Å². The maximum atomic E-state index is 6.33. The molecule has 2 saturated heterocycles. The van der Waals surface area contributed by atoms with Crippen LogP contribution in [0.25, 0.3) is 5.57 Å². The Morgan fingerprint density at radius 1 is 1.23 bits per heavy atom. The lowest BCUT2D eigenvalue weighted by atomic mass is 9.86. The van der Waals surface area contributed by atoms with Crippen LogP contribution in [0.1, 0.15) is 43.5 Å². The van der Waals surface area contributed by atoms with Crippen LogP contribution in [0.5, 0.6) is 0 Å². The lowest BCUT2D eigenvalue weighted by molar-refractivity contribution is 0.0850. The van der Waals surface area contributed by atoms with Gasteiger partial charge in [-0.2, -0.15) is 9.78 Å². The fourth-order valence-corrected chi connectivity index (χ4v) is 5.44. The molecular formula is C20H19ClN2O2S. The van der Waals surface area contributed by atoms with Crippen molar-refractivity contribution in [3.8, 4) is 0 Å². The molecule has 1 spiro atoms. The predicted octanol–water partition coefficient (Wildman–Crippen LogP) is 4.88. The molecule has 1 N–H and O–H groups in total. The third kappa shape index (κ3) is 2.70. The van der Waals surface area contributed by atoms with E-state index in [-0.39, 0.29) is 4.75 Å². The number of rotatable bonds is 0. The van der Waals surface area contributed by atoms with Gasteiger partial charge in [0.25, 0.3) is 5.91 Å². The number of piperidine rings is 1. The van der Waals surface area contributed by atoms with Gasteiger partial charge in [0.05, 0.1) is 5.69 Å². The fraction of sp³-hybridized carbons (Fsp3) is 0.350. The Morgan fingerprint density at radius 2 is 2.08 bits per heavy atom. The summed E-state index contributed by atoms with van der Waals surface area (Å²) in [6.45, 7) is 5.31. The van der Waals surface area contributed by atoms with Crippen LogP contribution in [-0.2, 0) is 14.5 Å². The monoisotopic (exact) mass is 386 g/mol. The van der Waals surface area contributed by atoms with E-state index in [1.54, 1.807) is 0 Å². The van der Waals surface area contributed by atoms with Crippen molar-refractivity contribution in [2.75, 3.05) is 6.54 Å². The molecule has 0 atom stereocenters. The summed E-state index contributed by atoms with van der Waals surface area (Å²) in [6.07, 6.45) is 3.51. The lowest BCUT2D eigenvalue weighted by Gasteiger charge is -2.25. The summed E-state index contributed by atoms with van der Waals surface area (Å²) in [5.41, 5.74) is 6.00. The summed E-state index contributed by atoms with van der Waals surface area (Å²) in [5.74, 6) is -0.642. The molecule has 0 unspecified atom stereocenters. The predicted molar refractivity (Wildman–Crippen MR) is 103 cm³/mol. The Morgan fingerprint density at radius 3 is 2.88 bits per heavy atom. The zero-order valence-corrected chi connectivity index (χ0v) is 16.2. The third-order valence-corrected chi connectivity index (χ3v) is 6.70. The zero-order chi connectivity index (χ0) is 17.9. The molecule has 4 nitrogen and oxygen atoms in total. The number of benzene rings is 1. The Bertz CT molecular complexity index is 937. The van der Waals surface area contributed by atoms with Crippen molar-refractivity contribution in [3.63, 3.8) is 0 Å². The molecular weight excluding hydrogens is 368 g/mol. The number of aromatic nitrogens is 1. The number of nitrogens with zero attached hydrogens (tertiary/aromatic N) is 1. The van der Waals surface area contributed by atoms with Gasteiger partial charge in [-0.15, -0.1) is 11.8 Å². The van der Waals surface area contributed by atoms with E-state index in [4.69, 9.17) is 26.4 Å². The minimum atomic E-state index is -0.642. The molecule has 2 aromatic rings. The molecule has 3 aliphatic heterocycles. The summed E-state index contributed by atoms with van der Waals surface area (Å²) in [6, 6.07) is 10.4. The van der Waals surface area contributed by atoms with Gasteiger partial charge < -0.3 is 0 Å². The van der Waals surface area contributed by atoms with Gasteiger partial charge in [-0.05, 0) is 49.6 Å². The van der Waals surface area contributed by atoms with Crippen LogP contribution < -0.4 is 5.32 Å². The molecule has 6 heteroatoms. The molecule has 0 aliphatic carbocycles. The highest BCUT2D eigenvalue weighted by Gasteiger charge is 2.51. The summed E-state index contributed by atoms with van der Waals surface area (Å²) >= 11 is 8.17. The van der Waals surface area contributed by atoms with Crippen molar-refractivity contribution in [1.29, 1.82) is 0 Å². The van der Waals surface area contributed by atoms with Gasteiger partial charge in [-0.3, -0.25) is 10.3 Å². The Balaban J connectivity index is 1.80. The smallest absolute Gasteiger partial charge is 0.261 e. The number of halogens is 1. The average Bonchev–Trinajstić information content (AvgIpc) is 3.36. The molecule has 134 valence electrons. The largest absolute Gasteiger partial charge is 0.291 e. The summed E-state index contributed by atoms with van der Waals surface area (Å²) in [4.78, 5) is 16.5. The molecule has 0 bridgehead atoms. The van der Waals surface area contributed by atoms with E-state index in [2.05, 4.69) is 37.4 Å². The fourth-order valence-electron chi connectivity index (χ4n) is 3.91. The SMILES string of the molecule is CC1(C)Sc2cc(Cl)ccc2C(=C2CCNC3(C2)OO3)c2ncccc21. The molecule has 0 saturated carbocycles. The Kier molecular flexibility index (Phi) is 3.75. The van der Waals surface area contributed by atoms with Crippen LogP contribution in [0, 0.1) is 0 Å². The minimum absolute atomic E-state index is 0.109. The molecule has 2 fully saturated rings. The van der Waals surface area contributed by atoms with Gasteiger partial charge in [0.15, 0.2) is 0 Å². The highest BCUT2D eigenvalue weighted by molar-refractivity contribution is 8.00. The maximum absolute atomic E-state index is 6.33. The summed E-state index contributed by atoms with van der Waals surface area (Å²) in [7, 11) is 0. The molecule has 5 rings (SSSR count). The van der Waals surface area contributed by atoms with E-state index >= 15 is 0 Å². The van der Waals surface area contributed by atoms with Crippen molar-refractivity contribution < 1.29 is 9.78 Å². The van der Waals surface area contributed by atoms with Crippen LogP contribution in [0.2, 0.25) is 5.02 Å². The molecule has 4 heterocycles. The van der Waals surface area contributed by atoms with E-state index in [1.165, 1.54) is 27.2 Å². The van der Waals surface area contributed by atoms with Gasteiger partial charge in [0.2, 0.25) is 0 Å². The maximum Gasteiger partial charge on any atom is 0.291 e. The highest BCUT2D eigenvalue weighted by Crippen LogP contribution is 2.52. The van der Waals surface area contributed by atoms with Gasteiger partial charge in [-0.1, -0.05) is 29.3 Å². The van der Waals surface area contributed by atoms with E-state index in [0.717, 1.165) is 23.7 Å². The van der Waals surface area contributed by atoms with Crippen molar-refractivity contribution in [1.82, 2.24) is 10.3 Å². The molecule has 1 aromatic carbocycles. The van der Waals surface area contributed by atoms with E-state index in [0.29, 0.717) is 6.42 Å². The quantitative estimate of drug-likeness (QED) is 0.516. The number of thioether (sulfide) groups is 1. The van der Waals surface area contributed by atoms with Crippen LogP contribution in [0.3, 0.4) is 0 Å². The van der Waals surface area contributed by atoms with Crippen molar-refractivity contribution in [3.05, 3.63) is 63.9 Å². The van der Waals surface area contributed by atoms with Crippen molar-refractivity contribution >= 4 is 28.9 Å². The van der Waals surface area contributed by atoms with Crippen molar-refractivity contribution in [2.24, 2.45) is 0 Å². The van der Waals surface area contributed by atoms with Gasteiger partial charge in [0, 0.05) is 39.4 Å². The molecule has 26 heavy (non-hydrogen) atoms. The average molecular weight is 387 g/mol. The van der Waals surface area contributed by atoms with Gasteiger partial charge in [0.1, 0.15) is 0 Å². The first-order valence-electron chi connectivity index (χ1n) is 8.76. The van der Waals surface area contributed by atoms with Gasteiger partial charge >= 0.3 is 0 Å². The first kappa shape index (κ1) is 16.8. The second kappa shape index (κ2) is 5.81. The zero-order valence-electron chi connectivity index (χ0n) is 14.6. The lowest BCUT2D eigenvalue weighted by Crippen LogP contribution is -2.38. The number of hydrogen-bond acceptors (Lipinski definition) is 5. The summed E-state index contributed by atoms with van der Waals surface area (Å²) < 4.78 is -0.109. The number of pyridine rings is 1. The third-order valence-electron chi connectivity index (χ3n) is 5.18. The second-order valence-corrected chi connectivity index (χ2v) is 9.51. The van der Waals surface area contributed by atoms with Crippen LogP contribution in [0.15, 0.2) is 47.0 Å². The minimum Gasteiger partial charge on any atom is -0.261 e. The second-order valence-electron chi connectivity index (χ2n) is 7.40. The number of hydrogen-bond donors (Lipinski definition) is 1.